The zero-order valence-corrected chi connectivity index (χ0v) is 9.60. The minimum atomic E-state index is 0.646. The average Bonchev–Trinajstić information content (AvgIpc) is 2.16. The van der Waals surface area contributed by atoms with E-state index in [9.17, 15) is 0 Å². The Bertz CT molecular complexity index is 289. The highest BCUT2D eigenvalue weighted by Gasteiger charge is 2.27. The summed E-state index contributed by atoms with van der Waals surface area (Å²) in [6.07, 6.45) is 5.21. The fraction of sp³-hybridized carbons (Fsp3) is 0.667. The van der Waals surface area contributed by atoms with Crippen LogP contribution in [0.25, 0.3) is 0 Å². The number of allylic oxidation sites excluding steroid dienone is 4. The van der Waals surface area contributed by atoms with Crippen molar-refractivity contribution in [3.63, 3.8) is 0 Å². The number of halogens is 1. The van der Waals surface area contributed by atoms with E-state index in [2.05, 4.69) is 19.9 Å². The van der Waals surface area contributed by atoms with Gasteiger partial charge in [0, 0.05) is 11.5 Å². The molecule has 1 unspecified atom stereocenters. The van der Waals surface area contributed by atoms with Gasteiger partial charge >= 0.3 is 0 Å². The Kier molecular flexibility index (Phi) is 2.87. The normalized spacial score (nSPS) is 27.1. The summed E-state index contributed by atoms with van der Waals surface area (Å²) in [5.41, 5.74) is 1.36. The van der Waals surface area contributed by atoms with Crippen molar-refractivity contribution in [2.24, 2.45) is 11.8 Å². The maximum atomic E-state index is 6.08. The molecule has 0 amide bonds. The number of hydrogen-bond donors (Lipinski definition) is 0. The van der Waals surface area contributed by atoms with Crippen LogP contribution in [0.1, 0.15) is 33.1 Å². The standard InChI is InChI=1S/C12H17ClO/c1-8(2)10-5-6-14-12-4-3-9(13)7-11(10)12/h7-8,10H,3-6H2,1-2H3. The highest BCUT2D eigenvalue weighted by molar-refractivity contribution is 6.29. The summed E-state index contributed by atoms with van der Waals surface area (Å²) in [5, 5.41) is 0.986. The third-order valence-corrected chi connectivity index (χ3v) is 3.43. The van der Waals surface area contributed by atoms with E-state index in [1.807, 2.05) is 0 Å². The molecule has 0 fully saturated rings. The molecular weight excluding hydrogens is 196 g/mol. The van der Waals surface area contributed by atoms with Crippen LogP contribution in [0.2, 0.25) is 0 Å². The van der Waals surface area contributed by atoms with Crippen molar-refractivity contribution in [3.8, 4) is 0 Å². The van der Waals surface area contributed by atoms with Crippen LogP contribution in [-0.2, 0) is 4.74 Å². The van der Waals surface area contributed by atoms with Crippen molar-refractivity contribution in [2.45, 2.75) is 33.1 Å². The summed E-state index contributed by atoms with van der Waals surface area (Å²) in [5.74, 6) is 2.52. The molecule has 78 valence electrons. The van der Waals surface area contributed by atoms with Crippen LogP contribution < -0.4 is 0 Å². The SMILES string of the molecule is CC(C)C1CCOC2=C1C=C(Cl)CC2. The second-order valence-electron chi connectivity index (χ2n) is 4.46. The topological polar surface area (TPSA) is 9.23 Å². The second-order valence-corrected chi connectivity index (χ2v) is 4.94. The molecule has 1 aliphatic heterocycles. The fourth-order valence-corrected chi connectivity index (χ4v) is 2.54. The van der Waals surface area contributed by atoms with Crippen molar-refractivity contribution < 1.29 is 4.74 Å². The average molecular weight is 213 g/mol. The molecule has 14 heavy (non-hydrogen) atoms. The summed E-state index contributed by atoms with van der Waals surface area (Å²) in [7, 11) is 0. The molecule has 0 radical (unpaired) electrons. The molecule has 0 saturated carbocycles. The Morgan fingerprint density at radius 3 is 2.93 bits per heavy atom. The van der Waals surface area contributed by atoms with Gasteiger partial charge in [-0.3, -0.25) is 0 Å². The third kappa shape index (κ3) is 1.83. The zero-order valence-electron chi connectivity index (χ0n) is 8.85. The Labute approximate surface area is 90.8 Å². The van der Waals surface area contributed by atoms with Crippen molar-refractivity contribution in [2.75, 3.05) is 6.61 Å². The Morgan fingerprint density at radius 1 is 1.43 bits per heavy atom. The molecule has 0 spiro atoms. The molecule has 2 rings (SSSR count). The van der Waals surface area contributed by atoms with E-state index in [1.165, 1.54) is 11.3 Å². The first-order valence-corrected chi connectivity index (χ1v) is 5.78. The first-order valence-electron chi connectivity index (χ1n) is 5.40. The molecule has 0 aromatic rings. The smallest absolute Gasteiger partial charge is 0.0998 e. The summed E-state index contributed by atoms with van der Waals surface area (Å²) in [6.45, 7) is 5.43. The van der Waals surface area contributed by atoms with E-state index >= 15 is 0 Å². The van der Waals surface area contributed by atoms with Gasteiger partial charge in [-0.1, -0.05) is 25.4 Å². The zero-order chi connectivity index (χ0) is 10.1. The fourth-order valence-electron chi connectivity index (χ4n) is 2.33. The molecule has 0 saturated heterocycles. The van der Waals surface area contributed by atoms with Crippen LogP contribution in [0.3, 0.4) is 0 Å². The van der Waals surface area contributed by atoms with Crippen molar-refractivity contribution in [1.82, 2.24) is 0 Å². The highest BCUT2D eigenvalue weighted by atomic mass is 35.5. The number of ether oxygens (including phenoxy) is 1. The molecule has 0 aromatic heterocycles. The Balaban J connectivity index is 2.30. The van der Waals surface area contributed by atoms with Crippen LogP contribution in [0, 0.1) is 11.8 Å². The third-order valence-electron chi connectivity index (χ3n) is 3.13. The first kappa shape index (κ1) is 10.1. The van der Waals surface area contributed by atoms with Gasteiger partial charge < -0.3 is 4.74 Å². The van der Waals surface area contributed by atoms with Crippen molar-refractivity contribution in [3.05, 3.63) is 22.4 Å². The number of hydrogen-bond acceptors (Lipinski definition) is 1. The quantitative estimate of drug-likeness (QED) is 0.642. The predicted molar refractivity (Wildman–Crippen MR) is 59.1 cm³/mol. The summed E-state index contributed by atoms with van der Waals surface area (Å²) in [6, 6.07) is 0. The Hall–Kier alpha value is -0.430. The molecule has 0 aromatic carbocycles. The van der Waals surface area contributed by atoms with E-state index in [1.54, 1.807) is 0 Å². The highest BCUT2D eigenvalue weighted by Crippen LogP contribution is 2.38. The maximum absolute atomic E-state index is 6.08. The molecule has 0 bridgehead atoms. The van der Waals surface area contributed by atoms with E-state index < -0.39 is 0 Å². The van der Waals surface area contributed by atoms with Gasteiger partial charge in [0.05, 0.1) is 12.4 Å². The van der Waals surface area contributed by atoms with E-state index in [0.717, 1.165) is 30.9 Å². The first-order chi connectivity index (χ1) is 6.68. The van der Waals surface area contributed by atoms with Gasteiger partial charge in [0.15, 0.2) is 0 Å². The van der Waals surface area contributed by atoms with Gasteiger partial charge in [-0.05, 0) is 36.3 Å². The summed E-state index contributed by atoms with van der Waals surface area (Å²) >= 11 is 6.08. The second kappa shape index (κ2) is 3.98. The maximum Gasteiger partial charge on any atom is 0.0998 e. The van der Waals surface area contributed by atoms with Gasteiger partial charge in [0.1, 0.15) is 0 Å². The lowest BCUT2D eigenvalue weighted by molar-refractivity contribution is 0.144. The van der Waals surface area contributed by atoms with Crippen LogP contribution in [0.5, 0.6) is 0 Å². The Morgan fingerprint density at radius 2 is 2.21 bits per heavy atom. The van der Waals surface area contributed by atoms with Crippen LogP contribution in [-0.4, -0.2) is 6.61 Å². The van der Waals surface area contributed by atoms with Gasteiger partial charge in [-0.25, -0.2) is 0 Å². The minimum absolute atomic E-state index is 0.646. The summed E-state index contributed by atoms with van der Waals surface area (Å²) in [4.78, 5) is 0. The molecule has 1 atom stereocenters. The van der Waals surface area contributed by atoms with Gasteiger partial charge in [-0.2, -0.15) is 0 Å². The lowest BCUT2D eigenvalue weighted by Gasteiger charge is -2.32. The van der Waals surface area contributed by atoms with Crippen LogP contribution in [0.4, 0.5) is 0 Å². The summed E-state index contributed by atoms with van der Waals surface area (Å²) < 4.78 is 5.69. The van der Waals surface area contributed by atoms with Gasteiger partial charge in [-0.15, -0.1) is 0 Å². The monoisotopic (exact) mass is 212 g/mol. The van der Waals surface area contributed by atoms with Crippen LogP contribution in [0.15, 0.2) is 22.4 Å². The molecule has 2 aliphatic rings. The molecule has 1 aliphatic carbocycles. The largest absolute Gasteiger partial charge is 0.498 e. The molecular formula is C12H17ClO. The van der Waals surface area contributed by atoms with Gasteiger partial charge in [0.2, 0.25) is 0 Å². The minimum Gasteiger partial charge on any atom is -0.498 e. The van der Waals surface area contributed by atoms with E-state index in [4.69, 9.17) is 16.3 Å². The molecule has 2 heteroatoms. The van der Waals surface area contributed by atoms with E-state index in [-0.39, 0.29) is 0 Å². The molecule has 1 nitrogen and oxygen atoms in total. The van der Waals surface area contributed by atoms with Crippen LogP contribution >= 0.6 is 11.6 Å². The van der Waals surface area contributed by atoms with Crippen molar-refractivity contribution in [1.29, 1.82) is 0 Å². The lowest BCUT2D eigenvalue weighted by atomic mass is 9.81. The van der Waals surface area contributed by atoms with Crippen molar-refractivity contribution >= 4 is 11.6 Å². The predicted octanol–water partition coefficient (Wildman–Crippen LogP) is 3.85. The molecule has 1 heterocycles. The van der Waals surface area contributed by atoms with E-state index in [0.29, 0.717) is 11.8 Å². The number of rotatable bonds is 1. The molecule has 0 N–H and O–H groups in total. The lowest BCUT2D eigenvalue weighted by Crippen LogP contribution is -2.22. The van der Waals surface area contributed by atoms with Gasteiger partial charge in [0.25, 0.3) is 0 Å².